The molecule has 1 aliphatic heterocycles. The van der Waals surface area contributed by atoms with Gasteiger partial charge < -0.3 is 14.8 Å². The Balaban J connectivity index is 1.73. The average molecular weight is 268 g/mol. The van der Waals surface area contributed by atoms with Crippen LogP contribution in [0, 0.1) is 18.3 Å². The zero-order valence-corrected chi connectivity index (χ0v) is 10.9. The number of benzene rings is 1. The minimum Gasteiger partial charge on any atom is -0.454 e. The van der Waals surface area contributed by atoms with Gasteiger partial charge in [-0.15, -0.1) is 0 Å². The Morgan fingerprint density at radius 2 is 2.10 bits per heavy atom. The largest absolute Gasteiger partial charge is 0.454 e. The van der Waals surface area contributed by atoms with Gasteiger partial charge in [-0.2, -0.15) is 5.26 Å². The van der Waals surface area contributed by atoms with Gasteiger partial charge in [0.2, 0.25) is 6.79 Å². The van der Waals surface area contributed by atoms with Gasteiger partial charge in [-0.3, -0.25) is 0 Å². The number of nitrogens with zero attached hydrogens (tertiary/aromatic N) is 3. The molecule has 1 aromatic carbocycles. The maximum Gasteiger partial charge on any atom is 0.231 e. The molecule has 0 aliphatic carbocycles. The minimum absolute atomic E-state index is 0.267. The normalized spacial score (nSPS) is 12.0. The van der Waals surface area contributed by atoms with Crippen molar-refractivity contribution >= 4 is 5.82 Å². The van der Waals surface area contributed by atoms with Crippen LogP contribution < -0.4 is 14.8 Å². The number of hydrogen-bond acceptors (Lipinski definition) is 6. The number of nitriles is 1. The van der Waals surface area contributed by atoms with Crippen LogP contribution >= 0.6 is 0 Å². The van der Waals surface area contributed by atoms with Crippen molar-refractivity contribution in [1.82, 2.24) is 9.97 Å². The molecule has 1 aromatic heterocycles. The monoisotopic (exact) mass is 268 g/mol. The predicted octanol–water partition coefficient (Wildman–Crippen LogP) is 2.00. The fourth-order valence-corrected chi connectivity index (χ4v) is 1.96. The molecule has 0 amide bonds. The van der Waals surface area contributed by atoms with Gasteiger partial charge in [-0.1, -0.05) is 6.07 Å². The highest BCUT2D eigenvalue weighted by Gasteiger charge is 2.13. The Bertz CT molecular complexity index is 694. The molecule has 2 heterocycles. The van der Waals surface area contributed by atoms with Crippen molar-refractivity contribution in [2.75, 3.05) is 12.1 Å². The van der Waals surface area contributed by atoms with E-state index in [-0.39, 0.29) is 6.79 Å². The summed E-state index contributed by atoms with van der Waals surface area (Å²) in [4.78, 5) is 8.25. The van der Waals surface area contributed by atoms with E-state index in [1.165, 1.54) is 0 Å². The molecule has 1 aliphatic rings. The number of anilines is 1. The Labute approximate surface area is 116 Å². The van der Waals surface area contributed by atoms with E-state index in [0.29, 0.717) is 23.9 Å². The van der Waals surface area contributed by atoms with E-state index in [2.05, 4.69) is 15.3 Å². The summed E-state index contributed by atoms with van der Waals surface area (Å²) in [5.74, 6) is 2.71. The second-order valence-corrected chi connectivity index (χ2v) is 4.34. The van der Waals surface area contributed by atoms with Crippen LogP contribution in [0.15, 0.2) is 24.3 Å². The van der Waals surface area contributed by atoms with Crippen LogP contribution in [0.1, 0.15) is 17.1 Å². The smallest absolute Gasteiger partial charge is 0.231 e. The third kappa shape index (κ3) is 2.47. The number of ether oxygens (including phenoxy) is 2. The van der Waals surface area contributed by atoms with Crippen molar-refractivity contribution in [3.63, 3.8) is 0 Å². The van der Waals surface area contributed by atoms with Crippen molar-refractivity contribution < 1.29 is 9.47 Å². The minimum atomic E-state index is 0.267. The van der Waals surface area contributed by atoms with Gasteiger partial charge >= 0.3 is 0 Å². The number of rotatable bonds is 3. The third-order valence-corrected chi connectivity index (χ3v) is 2.86. The predicted molar refractivity (Wildman–Crippen MR) is 71.4 cm³/mol. The van der Waals surface area contributed by atoms with Crippen LogP contribution in [0.5, 0.6) is 11.5 Å². The maximum atomic E-state index is 8.88. The molecule has 6 nitrogen and oxygen atoms in total. The van der Waals surface area contributed by atoms with E-state index in [1.807, 2.05) is 24.3 Å². The van der Waals surface area contributed by atoms with Gasteiger partial charge in [-0.05, 0) is 24.6 Å². The fourth-order valence-electron chi connectivity index (χ4n) is 1.96. The van der Waals surface area contributed by atoms with Gasteiger partial charge in [0.1, 0.15) is 23.4 Å². The van der Waals surface area contributed by atoms with Gasteiger partial charge in [0.25, 0.3) is 0 Å². The molecule has 0 atom stereocenters. The van der Waals surface area contributed by atoms with Gasteiger partial charge in [-0.25, -0.2) is 9.97 Å². The van der Waals surface area contributed by atoms with Crippen LogP contribution in [0.2, 0.25) is 0 Å². The number of aromatic nitrogens is 2. The molecule has 0 fully saturated rings. The average Bonchev–Trinajstić information content (AvgIpc) is 2.92. The zero-order chi connectivity index (χ0) is 13.9. The highest BCUT2D eigenvalue weighted by atomic mass is 16.7. The number of aryl methyl sites for hydroxylation is 1. The number of nitrogens with one attached hydrogen (secondary N) is 1. The topological polar surface area (TPSA) is 80.1 Å². The van der Waals surface area contributed by atoms with Crippen molar-refractivity contribution in [3.8, 4) is 17.6 Å². The van der Waals surface area contributed by atoms with E-state index >= 15 is 0 Å². The molecule has 100 valence electrons. The summed E-state index contributed by atoms with van der Waals surface area (Å²) in [6.45, 7) is 2.60. The van der Waals surface area contributed by atoms with Gasteiger partial charge in [0.15, 0.2) is 11.5 Å². The van der Waals surface area contributed by atoms with Crippen LogP contribution in [-0.2, 0) is 6.54 Å². The summed E-state index contributed by atoms with van der Waals surface area (Å²) < 4.78 is 10.6. The van der Waals surface area contributed by atoms with Crippen LogP contribution in [-0.4, -0.2) is 16.8 Å². The highest BCUT2D eigenvalue weighted by Crippen LogP contribution is 2.32. The number of hydrogen-bond donors (Lipinski definition) is 1. The van der Waals surface area contributed by atoms with E-state index in [1.54, 1.807) is 13.0 Å². The van der Waals surface area contributed by atoms with Crippen LogP contribution in [0.25, 0.3) is 0 Å². The lowest BCUT2D eigenvalue weighted by atomic mass is 10.2. The first-order chi connectivity index (χ1) is 9.74. The molecule has 0 unspecified atom stereocenters. The second-order valence-electron chi connectivity index (χ2n) is 4.34. The first-order valence-corrected chi connectivity index (χ1v) is 6.13. The molecular weight excluding hydrogens is 256 g/mol. The Morgan fingerprint density at radius 1 is 1.25 bits per heavy atom. The van der Waals surface area contributed by atoms with E-state index in [4.69, 9.17) is 14.7 Å². The lowest BCUT2D eigenvalue weighted by molar-refractivity contribution is 0.174. The summed E-state index contributed by atoms with van der Waals surface area (Å²) in [6, 6.07) is 9.40. The van der Waals surface area contributed by atoms with Gasteiger partial charge in [0.05, 0.1) is 0 Å². The van der Waals surface area contributed by atoms with Crippen LogP contribution in [0.3, 0.4) is 0 Å². The highest BCUT2D eigenvalue weighted by molar-refractivity contribution is 5.46. The standard InChI is InChI=1S/C14H12N4O2/c1-9-17-11(6-15)5-14(18-9)16-7-10-2-3-12-13(4-10)20-8-19-12/h2-5H,7-8H2,1H3,(H,16,17,18). The Morgan fingerprint density at radius 3 is 2.95 bits per heavy atom. The molecule has 0 saturated carbocycles. The van der Waals surface area contributed by atoms with Crippen molar-refractivity contribution in [3.05, 3.63) is 41.3 Å². The van der Waals surface area contributed by atoms with Crippen molar-refractivity contribution in [2.24, 2.45) is 0 Å². The fraction of sp³-hybridized carbons (Fsp3) is 0.214. The first kappa shape index (κ1) is 12.2. The molecule has 3 rings (SSSR count). The summed E-state index contributed by atoms with van der Waals surface area (Å²) in [7, 11) is 0. The Kier molecular flexibility index (Phi) is 3.09. The van der Waals surface area contributed by atoms with Crippen molar-refractivity contribution in [2.45, 2.75) is 13.5 Å². The molecule has 0 spiro atoms. The van der Waals surface area contributed by atoms with Crippen LogP contribution in [0.4, 0.5) is 5.82 Å². The summed E-state index contributed by atoms with van der Waals surface area (Å²) in [5.41, 5.74) is 1.40. The van der Waals surface area contributed by atoms with E-state index in [0.717, 1.165) is 17.1 Å². The molecule has 2 aromatic rings. The summed E-state index contributed by atoms with van der Waals surface area (Å²) in [5, 5.41) is 12.0. The maximum absolute atomic E-state index is 8.88. The van der Waals surface area contributed by atoms with Gasteiger partial charge in [0, 0.05) is 12.6 Å². The Hall–Kier alpha value is -2.81. The molecule has 0 saturated heterocycles. The van der Waals surface area contributed by atoms with E-state index in [9.17, 15) is 0 Å². The van der Waals surface area contributed by atoms with Crippen molar-refractivity contribution in [1.29, 1.82) is 5.26 Å². The lowest BCUT2D eigenvalue weighted by Gasteiger charge is -2.07. The molecule has 0 radical (unpaired) electrons. The van der Waals surface area contributed by atoms with E-state index < -0.39 is 0 Å². The molecule has 20 heavy (non-hydrogen) atoms. The molecule has 1 N–H and O–H groups in total. The number of fused-ring (bicyclic) bond motifs is 1. The zero-order valence-electron chi connectivity index (χ0n) is 10.9. The lowest BCUT2D eigenvalue weighted by Crippen LogP contribution is -2.04. The molecule has 0 bridgehead atoms. The summed E-state index contributed by atoms with van der Waals surface area (Å²) >= 11 is 0. The quantitative estimate of drug-likeness (QED) is 0.917. The second kappa shape index (κ2) is 5.05. The summed E-state index contributed by atoms with van der Waals surface area (Å²) in [6.07, 6.45) is 0. The SMILES string of the molecule is Cc1nc(C#N)cc(NCc2ccc3c(c2)OCO3)n1. The first-order valence-electron chi connectivity index (χ1n) is 6.13. The third-order valence-electron chi connectivity index (χ3n) is 2.86. The molecule has 6 heteroatoms. The molecular formula is C14H12N4O2.